The Bertz CT molecular complexity index is 824. The molecule has 0 aliphatic heterocycles. The average molecular weight is 444 g/mol. The lowest BCUT2D eigenvalue weighted by atomic mass is 10.0. The van der Waals surface area contributed by atoms with Crippen LogP contribution in [0.5, 0.6) is 0 Å². The van der Waals surface area contributed by atoms with Gasteiger partial charge in [-0.2, -0.15) is 0 Å². The minimum Gasteiger partial charge on any atom is -0.431 e. The third kappa shape index (κ3) is 7.98. The maximum absolute atomic E-state index is 12.5. The fourth-order valence-electron chi connectivity index (χ4n) is 3.38. The summed E-state index contributed by atoms with van der Waals surface area (Å²) in [5.41, 5.74) is 1.68. The SMILES string of the molecule is CCC[C@@H](Cc1ccc([N+](=O)[O-])cc1)OC(=O)O[C@@H](CCC)Cc1ccc([N+](=O)[O-])cc1. The highest BCUT2D eigenvalue weighted by Gasteiger charge is 2.21. The fraction of sp³-hybridized carbons (Fsp3) is 0.435. The molecule has 9 nitrogen and oxygen atoms in total. The van der Waals surface area contributed by atoms with Crippen LogP contribution < -0.4 is 0 Å². The maximum atomic E-state index is 12.5. The zero-order valence-electron chi connectivity index (χ0n) is 18.3. The molecule has 9 heteroatoms. The average Bonchev–Trinajstić information content (AvgIpc) is 2.74. The Morgan fingerprint density at radius 3 is 1.38 bits per heavy atom. The van der Waals surface area contributed by atoms with Crippen molar-refractivity contribution >= 4 is 17.5 Å². The molecule has 0 aromatic heterocycles. The monoisotopic (exact) mass is 444 g/mol. The molecule has 0 spiro atoms. The second-order valence-electron chi connectivity index (χ2n) is 7.56. The van der Waals surface area contributed by atoms with Crippen molar-refractivity contribution in [2.24, 2.45) is 0 Å². The van der Waals surface area contributed by atoms with Crippen molar-refractivity contribution in [1.82, 2.24) is 0 Å². The lowest BCUT2D eigenvalue weighted by Gasteiger charge is -2.21. The number of nitrogens with zero attached hydrogens (tertiary/aromatic N) is 2. The van der Waals surface area contributed by atoms with Crippen molar-refractivity contribution in [1.29, 1.82) is 0 Å². The second kappa shape index (κ2) is 12.4. The molecular weight excluding hydrogens is 416 g/mol. The number of ether oxygens (including phenoxy) is 2. The van der Waals surface area contributed by atoms with Crippen molar-refractivity contribution in [3.8, 4) is 0 Å². The van der Waals surface area contributed by atoms with Crippen LogP contribution in [0.3, 0.4) is 0 Å². The van der Waals surface area contributed by atoms with Crippen LogP contribution in [-0.4, -0.2) is 28.2 Å². The quantitative estimate of drug-likeness (QED) is 0.231. The highest BCUT2D eigenvalue weighted by atomic mass is 16.7. The molecule has 2 aromatic rings. The molecule has 32 heavy (non-hydrogen) atoms. The van der Waals surface area contributed by atoms with E-state index < -0.39 is 28.2 Å². The van der Waals surface area contributed by atoms with Crippen LogP contribution in [0.1, 0.15) is 50.7 Å². The van der Waals surface area contributed by atoms with E-state index in [-0.39, 0.29) is 11.4 Å². The smallest absolute Gasteiger partial charge is 0.431 e. The molecule has 0 N–H and O–H groups in total. The molecule has 0 bridgehead atoms. The van der Waals surface area contributed by atoms with E-state index in [0.717, 1.165) is 24.0 Å². The molecule has 0 aliphatic carbocycles. The van der Waals surface area contributed by atoms with E-state index in [1.54, 1.807) is 24.3 Å². The standard InChI is InChI=1S/C23H28N2O7/c1-3-5-21(15-17-7-11-19(12-8-17)24(27)28)31-23(26)32-22(6-4-2)16-18-9-13-20(14-10-18)25(29)30/h7-14,21-22H,3-6,15-16H2,1-2H3/t21-,22-/m0/s1. The van der Waals surface area contributed by atoms with Crippen LogP contribution in [-0.2, 0) is 22.3 Å². The van der Waals surface area contributed by atoms with Crippen molar-refractivity contribution in [3.05, 3.63) is 79.9 Å². The Hall–Kier alpha value is -3.49. The lowest BCUT2D eigenvalue weighted by Crippen LogP contribution is -2.26. The van der Waals surface area contributed by atoms with Gasteiger partial charge in [0.1, 0.15) is 12.2 Å². The van der Waals surface area contributed by atoms with Gasteiger partial charge in [0.25, 0.3) is 11.4 Å². The summed E-state index contributed by atoms with van der Waals surface area (Å²) in [6.45, 7) is 3.96. The number of rotatable bonds is 12. The lowest BCUT2D eigenvalue weighted by molar-refractivity contribution is -0.385. The van der Waals surface area contributed by atoms with E-state index in [2.05, 4.69) is 0 Å². The van der Waals surface area contributed by atoms with Gasteiger partial charge in [0.05, 0.1) is 9.85 Å². The highest BCUT2D eigenvalue weighted by Crippen LogP contribution is 2.19. The first-order valence-electron chi connectivity index (χ1n) is 10.7. The van der Waals surface area contributed by atoms with E-state index >= 15 is 0 Å². The summed E-state index contributed by atoms with van der Waals surface area (Å²) in [7, 11) is 0. The Morgan fingerprint density at radius 1 is 0.750 bits per heavy atom. The first kappa shape index (κ1) is 24.8. The highest BCUT2D eigenvalue weighted by molar-refractivity contribution is 5.60. The minimum absolute atomic E-state index is 0.00905. The summed E-state index contributed by atoms with van der Waals surface area (Å²) in [4.78, 5) is 33.2. The third-order valence-electron chi connectivity index (χ3n) is 4.97. The zero-order chi connectivity index (χ0) is 23.5. The molecule has 0 amide bonds. The summed E-state index contributed by atoms with van der Waals surface area (Å²) < 4.78 is 11.1. The number of hydrogen-bond donors (Lipinski definition) is 0. The van der Waals surface area contributed by atoms with Crippen LogP contribution in [0, 0.1) is 20.2 Å². The summed E-state index contributed by atoms with van der Waals surface area (Å²) in [5.74, 6) is 0. The van der Waals surface area contributed by atoms with Crippen LogP contribution in [0.4, 0.5) is 16.2 Å². The summed E-state index contributed by atoms with van der Waals surface area (Å²) in [5, 5.41) is 21.6. The van der Waals surface area contributed by atoms with Crippen LogP contribution in [0.2, 0.25) is 0 Å². The van der Waals surface area contributed by atoms with E-state index in [1.165, 1.54) is 24.3 Å². The van der Waals surface area contributed by atoms with Gasteiger partial charge in [-0.1, -0.05) is 51.0 Å². The van der Waals surface area contributed by atoms with E-state index in [1.807, 2.05) is 13.8 Å². The molecule has 0 radical (unpaired) electrons. The van der Waals surface area contributed by atoms with E-state index in [4.69, 9.17) is 9.47 Å². The van der Waals surface area contributed by atoms with Gasteiger partial charge >= 0.3 is 6.16 Å². The van der Waals surface area contributed by atoms with Crippen molar-refractivity contribution in [3.63, 3.8) is 0 Å². The van der Waals surface area contributed by atoms with Crippen molar-refractivity contribution in [2.75, 3.05) is 0 Å². The molecule has 0 fully saturated rings. The number of non-ortho nitro benzene ring substituents is 2. The number of carbonyl (C=O) groups is 1. The minimum atomic E-state index is -0.759. The summed E-state index contributed by atoms with van der Waals surface area (Å²) in [6, 6.07) is 12.3. The van der Waals surface area contributed by atoms with Gasteiger partial charge in [-0.3, -0.25) is 20.2 Å². The number of nitro benzene ring substituents is 2. The van der Waals surface area contributed by atoms with Crippen LogP contribution in [0.15, 0.2) is 48.5 Å². The molecule has 2 atom stereocenters. The predicted octanol–water partition coefficient (Wildman–Crippen LogP) is 5.78. The molecule has 0 saturated heterocycles. The Balaban J connectivity index is 1.97. The molecule has 0 aliphatic rings. The van der Waals surface area contributed by atoms with Crippen molar-refractivity contribution in [2.45, 2.75) is 64.6 Å². The third-order valence-corrected chi connectivity index (χ3v) is 4.97. The Morgan fingerprint density at radius 2 is 1.09 bits per heavy atom. The summed E-state index contributed by atoms with van der Waals surface area (Å²) in [6.07, 6.45) is 2.15. The molecular formula is C23H28N2O7. The Kier molecular flexibility index (Phi) is 9.59. The van der Waals surface area contributed by atoms with Gasteiger partial charge in [0.15, 0.2) is 0 Å². The molecule has 0 heterocycles. The number of hydrogen-bond acceptors (Lipinski definition) is 7. The number of carbonyl (C=O) groups excluding carboxylic acids is 1. The largest absolute Gasteiger partial charge is 0.508 e. The Labute approximate surface area is 186 Å². The fourth-order valence-corrected chi connectivity index (χ4v) is 3.38. The van der Waals surface area contributed by atoms with Crippen molar-refractivity contribution < 1.29 is 24.1 Å². The topological polar surface area (TPSA) is 122 Å². The maximum Gasteiger partial charge on any atom is 0.508 e. The van der Waals surface area contributed by atoms with Gasteiger partial charge in [0, 0.05) is 37.1 Å². The molecule has 0 saturated carbocycles. The van der Waals surface area contributed by atoms with Gasteiger partial charge in [0.2, 0.25) is 0 Å². The first-order valence-corrected chi connectivity index (χ1v) is 10.7. The van der Waals surface area contributed by atoms with Gasteiger partial charge in [-0.15, -0.1) is 0 Å². The van der Waals surface area contributed by atoms with Crippen LogP contribution >= 0.6 is 0 Å². The molecule has 172 valence electrons. The molecule has 2 rings (SSSR count). The van der Waals surface area contributed by atoms with E-state index in [9.17, 15) is 25.0 Å². The number of nitro groups is 2. The molecule has 0 unspecified atom stereocenters. The predicted molar refractivity (Wildman–Crippen MR) is 119 cm³/mol. The second-order valence-corrected chi connectivity index (χ2v) is 7.56. The van der Waals surface area contributed by atoms with Gasteiger partial charge < -0.3 is 9.47 Å². The van der Waals surface area contributed by atoms with Gasteiger partial charge in [-0.05, 0) is 24.0 Å². The van der Waals surface area contributed by atoms with E-state index in [0.29, 0.717) is 25.7 Å². The first-order chi connectivity index (χ1) is 15.3. The zero-order valence-corrected chi connectivity index (χ0v) is 18.3. The summed E-state index contributed by atoms with van der Waals surface area (Å²) >= 11 is 0. The number of benzene rings is 2. The van der Waals surface area contributed by atoms with Gasteiger partial charge in [-0.25, -0.2) is 4.79 Å². The normalized spacial score (nSPS) is 12.6. The molecule has 2 aromatic carbocycles. The van der Waals surface area contributed by atoms with Crippen LogP contribution in [0.25, 0.3) is 0 Å².